The summed E-state index contributed by atoms with van der Waals surface area (Å²) in [4.78, 5) is 6.82. The molecule has 3 N–H and O–H groups in total. The summed E-state index contributed by atoms with van der Waals surface area (Å²) in [6.07, 6.45) is 2.39. The van der Waals surface area contributed by atoms with E-state index in [1.807, 2.05) is 18.2 Å². The average molecular weight is 299 g/mol. The minimum atomic E-state index is 0. The Morgan fingerprint density at radius 2 is 1.89 bits per heavy atom. The van der Waals surface area contributed by atoms with E-state index in [1.165, 1.54) is 30.2 Å². The van der Waals surface area contributed by atoms with Crippen molar-refractivity contribution in [3.05, 3.63) is 35.9 Å². The van der Waals surface area contributed by atoms with E-state index in [2.05, 4.69) is 22.0 Å². The lowest BCUT2D eigenvalue weighted by atomic mass is 10.2. The fraction of sp³-hybridized carbons (Fsp3) is 0.385. The van der Waals surface area contributed by atoms with E-state index in [0.29, 0.717) is 6.54 Å². The van der Waals surface area contributed by atoms with Crippen LogP contribution in [0.25, 0.3) is 0 Å². The summed E-state index contributed by atoms with van der Waals surface area (Å²) in [5.74, 6) is 0. The Morgan fingerprint density at radius 1 is 1.26 bits per heavy atom. The molecule has 2 rings (SSSR count). The molecule has 19 heavy (non-hydrogen) atoms. The van der Waals surface area contributed by atoms with Crippen LogP contribution in [0.5, 0.6) is 0 Å². The van der Waals surface area contributed by atoms with Gasteiger partial charge in [-0.3, -0.25) is 10.4 Å². The number of aliphatic imine (C=N–C) groups is 1. The van der Waals surface area contributed by atoms with Gasteiger partial charge in [-0.25, -0.2) is 0 Å². The maximum absolute atomic E-state index is 7.41. The number of nitrogens with zero attached hydrogens (tertiary/aromatic N) is 2. The average Bonchev–Trinajstić information content (AvgIpc) is 2.89. The number of rotatable bonds is 2. The fourth-order valence-electron chi connectivity index (χ4n) is 1.95. The van der Waals surface area contributed by atoms with Crippen molar-refractivity contribution in [3.8, 4) is 0 Å². The van der Waals surface area contributed by atoms with Crippen molar-refractivity contribution in [1.82, 2.24) is 4.90 Å². The van der Waals surface area contributed by atoms with E-state index in [-0.39, 0.29) is 17.6 Å². The highest BCUT2D eigenvalue weighted by Crippen LogP contribution is 2.16. The summed E-state index contributed by atoms with van der Waals surface area (Å²) in [5.41, 5.74) is 6.65. The summed E-state index contributed by atoms with van der Waals surface area (Å²) in [5, 5.41) is 8.39. The van der Waals surface area contributed by atoms with E-state index in [1.54, 1.807) is 0 Å². The molecule has 1 saturated heterocycles. The monoisotopic (exact) mass is 298 g/mol. The van der Waals surface area contributed by atoms with Gasteiger partial charge in [-0.1, -0.05) is 30.3 Å². The maximum atomic E-state index is 7.41. The largest absolute Gasteiger partial charge is 0.378 e. The molecule has 1 aromatic carbocycles. The van der Waals surface area contributed by atoms with E-state index < -0.39 is 0 Å². The number of likely N-dealkylation sites (tertiary alicyclic amines) is 1. The summed E-state index contributed by atoms with van der Waals surface area (Å²) >= 11 is 1.25. The third-order valence-corrected chi connectivity index (χ3v) is 3.61. The summed E-state index contributed by atoms with van der Waals surface area (Å²) in [6.45, 7) is 2.69. The van der Waals surface area contributed by atoms with Gasteiger partial charge in [-0.05, 0) is 30.2 Å². The van der Waals surface area contributed by atoms with Crippen molar-refractivity contribution in [3.63, 3.8) is 0 Å². The van der Waals surface area contributed by atoms with Crippen molar-refractivity contribution in [2.45, 2.75) is 19.4 Å². The zero-order valence-electron chi connectivity index (χ0n) is 10.7. The lowest BCUT2D eigenvalue weighted by molar-refractivity contribution is 0.528. The second kappa shape index (κ2) is 8.07. The van der Waals surface area contributed by atoms with Gasteiger partial charge < -0.3 is 10.6 Å². The van der Waals surface area contributed by atoms with Crippen molar-refractivity contribution in [2.75, 3.05) is 13.1 Å². The Bertz CT molecular complexity index is 430. The van der Waals surface area contributed by atoms with Crippen LogP contribution in [0.3, 0.4) is 0 Å². The number of benzene rings is 1. The highest BCUT2D eigenvalue weighted by Gasteiger charge is 2.17. The zero-order chi connectivity index (χ0) is 12.8. The Balaban J connectivity index is 0.00000180. The number of nitrogens with two attached hydrogens (primary N) is 1. The number of halogens is 1. The van der Waals surface area contributed by atoms with E-state index in [0.717, 1.165) is 18.3 Å². The standard InChI is InChI=1S/C13H18N4S.ClH/c14-12(15)18-13(17-8-4-5-9-17)16-10-11-6-2-1-3-7-11;/h1-3,6-7H,4-5,8-10H2,(H3,14,15);1H. The first-order valence-electron chi connectivity index (χ1n) is 6.11. The Labute approximate surface area is 124 Å². The molecule has 1 aliphatic rings. The van der Waals surface area contributed by atoms with Gasteiger partial charge in [0.15, 0.2) is 10.3 Å². The number of hydrogen-bond acceptors (Lipinski definition) is 3. The number of thioether (sulfide) groups is 1. The highest BCUT2D eigenvalue weighted by molar-refractivity contribution is 8.26. The maximum Gasteiger partial charge on any atom is 0.167 e. The van der Waals surface area contributed by atoms with Crippen LogP contribution in [-0.4, -0.2) is 28.3 Å². The molecule has 1 heterocycles. The normalized spacial score (nSPS) is 15.2. The molecule has 1 aliphatic heterocycles. The molecule has 1 aromatic rings. The molecule has 0 unspecified atom stereocenters. The van der Waals surface area contributed by atoms with Crippen LogP contribution in [0.2, 0.25) is 0 Å². The van der Waals surface area contributed by atoms with Gasteiger partial charge in [0.1, 0.15) is 0 Å². The summed E-state index contributed by atoms with van der Waals surface area (Å²) < 4.78 is 0. The van der Waals surface area contributed by atoms with Crippen LogP contribution >= 0.6 is 24.2 Å². The second-order valence-corrected chi connectivity index (χ2v) is 5.25. The van der Waals surface area contributed by atoms with Gasteiger partial charge in [-0.15, -0.1) is 12.4 Å². The molecular weight excluding hydrogens is 280 g/mol. The zero-order valence-corrected chi connectivity index (χ0v) is 12.3. The van der Waals surface area contributed by atoms with Crippen molar-refractivity contribution < 1.29 is 0 Å². The van der Waals surface area contributed by atoms with Crippen LogP contribution in [0.1, 0.15) is 18.4 Å². The Kier molecular flexibility index (Phi) is 6.73. The summed E-state index contributed by atoms with van der Waals surface area (Å²) in [7, 11) is 0. The molecule has 1 fully saturated rings. The first-order chi connectivity index (χ1) is 8.75. The first kappa shape index (κ1) is 15.9. The van der Waals surface area contributed by atoms with Crippen LogP contribution in [0.15, 0.2) is 35.3 Å². The molecule has 4 nitrogen and oxygen atoms in total. The fourth-order valence-corrected chi connectivity index (χ4v) is 2.58. The van der Waals surface area contributed by atoms with E-state index in [4.69, 9.17) is 11.1 Å². The van der Waals surface area contributed by atoms with Gasteiger partial charge in [-0.2, -0.15) is 0 Å². The lowest BCUT2D eigenvalue weighted by Crippen LogP contribution is -2.27. The van der Waals surface area contributed by atoms with Gasteiger partial charge in [0.05, 0.1) is 6.54 Å². The van der Waals surface area contributed by atoms with Crippen molar-refractivity contribution >= 4 is 34.5 Å². The topological polar surface area (TPSA) is 65.5 Å². The van der Waals surface area contributed by atoms with Crippen LogP contribution < -0.4 is 5.73 Å². The van der Waals surface area contributed by atoms with E-state index in [9.17, 15) is 0 Å². The van der Waals surface area contributed by atoms with Crippen molar-refractivity contribution in [2.24, 2.45) is 10.7 Å². The molecule has 0 amide bonds. The molecular formula is C13H19ClN4S. The molecule has 0 atom stereocenters. The number of nitrogens with one attached hydrogen (secondary N) is 1. The molecule has 0 saturated carbocycles. The quantitative estimate of drug-likeness (QED) is 0.652. The van der Waals surface area contributed by atoms with Gasteiger partial charge >= 0.3 is 0 Å². The third kappa shape index (κ3) is 5.12. The molecule has 0 radical (unpaired) electrons. The predicted molar refractivity (Wildman–Crippen MR) is 85.1 cm³/mol. The lowest BCUT2D eigenvalue weighted by Gasteiger charge is -2.18. The minimum absolute atomic E-state index is 0. The predicted octanol–water partition coefficient (Wildman–Crippen LogP) is 2.69. The number of hydrogen-bond donors (Lipinski definition) is 2. The van der Waals surface area contributed by atoms with Crippen molar-refractivity contribution in [1.29, 1.82) is 5.41 Å². The molecule has 0 spiro atoms. The first-order valence-corrected chi connectivity index (χ1v) is 6.92. The van der Waals surface area contributed by atoms with Crippen LogP contribution in [0.4, 0.5) is 0 Å². The molecule has 104 valence electrons. The van der Waals surface area contributed by atoms with Gasteiger partial charge in [0, 0.05) is 13.1 Å². The van der Waals surface area contributed by atoms with Gasteiger partial charge in [0.25, 0.3) is 0 Å². The smallest absolute Gasteiger partial charge is 0.167 e. The molecule has 6 heteroatoms. The Morgan fingerprint density at radius 3 is 2.47 bits per heavy atom. The number of amidine groups is 2. The molecule has 0 aliphatic carbocycles. The third-order valence-electron chi connectivity index (χ3n) is 2.82. The second-order valence-electron chi connectivity index (χ2n) is 4.24. The Hall–Kier alpha value is -1.20. The van der Waals surface area contributed by atoms with Crippen LogP contribution in [0, 0.1) is 5.41 Å². The molecule has 0 aromatic heterocycles. The van der Waals surface area contributed by atoms with E-state index >= 15 is 0 Å². The SMILES string of the molecule is Cl.N=C(N)SC(=NCc1ccccc1)N1CCCC1. The van der Waals surface area contributed by atoms with Crippen LogP contribution in [-0.2, 0) is 6.54 Å². The summed E-state index contributed by atoms with van der Waals surface area (Å²) in [6, 6.07) is 10.1. The highest BCUT2D eigenvalue weighted by atomic mass is 35.5. The minimum Gasteiger partial charge on any atom is -0.378 e. The molecule has 0 bridgehead atoms. The van der Waals surface area contributed by atoms with Gasteiger partial charge in [0.2, 0.25) is 0 Å².